The summed E-state index contributed by atoms with van der Waals surface area (Å²) in [6.45, 7) is 9.25. The quantitative estimate of drug-likeness (QED) is 0.459. The van der Waals surface area contributed by atoms with Gasteiger partial charge in [-0.2, -0.15) is 0 Å². The minimum Gasteiger partial charge on any atom is -0.0893 e. The summed E-state index contributed by atoms with van der Waals surface area (Å²) in [5.74, 6) is 0. The van der Waals surface area contributed by atoms with E-state index >= 15 is 0 Å². The number of unbranched alkanes of at least 4 members (excludes halogenated alkanes) is 2. The summed E-state index contributed by atoms with van der Waals surface area (Å²) >= 11 is 3.62. The average molecular weight is 235 g/mol. The van der Waals surface area contributed by atoms with E-state index < -0.39 is 0 Å². The molecule has 0 N–H and O–H groups in total. The highest BCUT2D eigenvalue weighted by Gasteiger charge is 2.18. The molecule has 0 saturated carbocycles. The van der Waals surface area contributed by atoms with Crippen molar-refractivity contribution in [3.8, 4) is 0 Å². The molecule has 0 fully saturated rings. The number of hydrogen-bond donors (Lipinski definition) is 0. The molecular weight excluding hydrogens is 212 g/mol. The van der Waals surface area contributed by atoms with Crippen molar-refractivity contribution in [3.05, 3.63) is 0 Å². The highest BCUT2D eigenvalue weighted by molar-refractivity contribution is 9.09. The molecule has 0 spiro atoms. The van der Waals surface area contributed by atoms with Crippen molar-refractivity contribution >= 4 is 15.9 Å². The van der Waals surface area contributed by atoms with Crippen LogP contribution in [0, 0.1) is 5.41 Å². The zero-order valence-corrected chi connectivity index (χ0v) is 10.6. The molecule has 0 heterocycles. The van der Waals surface area contributed by atoms with Crippen molar-refractivity contribution in [1.29, 1.82) is 0 Å². The van der Waals surface area contributed by atoms with E-state index in [1.807, 2.05) is 0 Å². The first-order valence-electron chi connectivity index (χ1n) is 5.12. The van der Waals surface area contributed by atoms with Crippen LogP contribution >= 0.6 is 15.9 Å². The molecule has 0 aliphatic heterocycles. The molecule has 0 aromatic rings. The third-order valence-electron chi connectivity index (χ3n) is 2.29. The first kappa shape index (κ1) is 12.5. The van der Waals surface area contributed by atoms with Crippen LogP contribution in [0.4, 0.5) is 0 Å². The molecule has 0 aliphatic rings. The standard InChI is InChI=1S/C11H23Br/c1-5-6-7-8-11(3,4)9-10(2)12/h10H,5-9H2,1-4H3. The molecule has 0 bridgehead atoms. The third kappa shape index (κ3) is 7.15. The summed E-state index contributed by atoms with van der Waals surface area (Å²) in [6.07, 6.45) is 6.77. The molecule has 1 atom stereocenters. The summed E-state index contributed by atoms with van der Waals surface area (Å²) in [6, 6.07) is 0. The third-order valence-corrected chi connectivity index (χ3v) is 2.61. The van der Waals surface area contributed by atoms with Gasteiger partial charge < -0.3 is 0 Å². The predicted molar refractivity (Wildman–Crippen MR) is 60.9 cm³/mol. The van der Waals surface area contributed by atoms with Gasteiger partial charge in [-0.3, -0.25) is 0 Å². The maximum atomic E-state index is 3.62. The zero-order chi connectivity index (χ0) is 9.61. The maximum absolute atomic E-state index is 3.62. The lowest BCUT2D eigenvalue weighted by atomic mass is 9.83. The van der Waals surface area contributed by atoms with E-state index in [0.29, 0.717) is 10.2 Å². The Bertz CT molecular complexity index is 106. The van der Waals surface area contributed by atoms with Crippen LogP contribution in [0.3, 0.4) is 0 Å². The van der Waals surface area contributed by atoms with Crippen LogP contribution in [0.25, 0.3) is 0 Å². The number of hydrogen-bond acceptors (Lipinski definition) is 0. The van der Waals surface area contributed by atoms with Crippen LogP contribution in [0.5, 0.6) is 0 Å². The topological polar surface area (TPSA) is 0 Å². The Morgan fingerprint density at radius 2 is 1.83 bits per heavy atom. The lowest BCUT2D eigenvalue weighted by molar-refractivity contribution is 0.297. The minimum absolute atomic E-state index is 0.526. The molecule has 0 aliphatic carbocycles. The van der Waals surface area contributed by atoms with Crippen LogP contribution in [-0.2, 0) is 0 Å². The molecule has 1 heteroatoms. The molecule has 0 amide bonds. The molecule has 0 radical (unpaired) electrons. The van der Waals surface area contributed by atoms with Crippen molar-refractivity contribution in [1.82, 2.24) is 0 Å². The summed E-state index contributed by atoms with van der Waals surface area (Å²) in [7, 11) is 0. The fraction of sp³-hybridized carbons (Fsp3) is 1.00. The maximum Gasteiger partial charge on any atom is 0.0122 e. The monoisotopic (exact) mass is 234 g/mol. The number of rotatable bonds is 6. The smallest absolute Gasteiger partial charge is 0.0122 e. The highest BCUT2D eigenvalue weighted by Crippen LogP contribution is 2.31. The SMILES string of the molecule is CCCCCC(C)(C)CC(C)Br. The summed E-state index contributed by atoms with van der Waals surface area (Å²) in [5.41, 5.74) is 0.526. The highest BCUT2D eigenvalue weighted by atomic mass is 79.9. The predicted octanol–water partition coefficient (Wildman–Crippen LogP) is 4.77. The van der Waals surface area contributed by atoms with E-state index in [2.05, 4.69) is 43.6 Å². The van der Waals surface area contributed by atoms with Crippen molar-refractivity contribution in [2.45, 2.75) is 64.6 Å². The van der Waals surface area contributed by atoms with Gasteiger partial charge in [0.15, 0.2) is 0 Å². The van der Waals surface area contributed by atoms with E-state index in [9.17, 15) is 0 Å². The Morgan fingerprint density at radius 3 is 2.25 bits per heavy atom. The van der Waals surface area contributed by atoms with Crippen molar-refractivity contribution < 1.29 is 0 Å². The van der Waals surface area contributed by atoms with Crippen LogP contribution in [-0.4, -0.2) is 4.83 Å². The zero-order valence-electron chi connectivity index (χ0n) is 8.99. The van der Waals surface area contributed by atoms with Gasteiger partial charge in [0.2, 0.25) is 0 Å². The lowest BCUT2D eigenvalue weighted by Gasteiger charge is -2.25. The second kappa shape index (κ2) is 6.01. The van der Waals surface area contributed by atoms with Crippen LogP contribution in [0.1, 0.15) is 59.8 Å². The fourth-order valence-electron chi connectivity index (χ4n) is 1.72. The van der Waals surface area contributed by atoms with Crippen molar-refractivity contribution in [2.75, 3.05) is 0 Å². The fourth-order valence-corrected chi connectivity index (χ4v) is 2.59. The van der Waals surface area contributed by atoms with Crippen LogP contribution in [0.2, 0.25) is 0 Å². The van der Waals surface area contributed by atoms with Gasteiger partial charge in [-0.25, -0.2) is 0 Å². The van der Waals surface area contributed by atoms with Crippen LogP contribution in [0.15, 0.2) is 0 Å². The van der Waals surface area contributed by atoms with E-state index in [1.54, 1.807) is 0 Å². The second-order valence-corrected chi connectivity index (χ2v) is 6.17. The lowest BCUT2D eigenvalue weighted by Crippen LogP contribution is -2.15. The molecule has 1 unspecified atom stereocenters. The van der Waals surface area contributed by atoms with E-state index in [-0.39, 0.29) is 0 Å². The van der Waals surface area contributed by atoms with Gasteiger partial charge in [-0.15, -0.1) is 0 Å². The van der Waals surface area contributed by atoms with E-state index in [4.69, 9.17) is 0 Å². The van der Waals surface area contributed by atoms with Gasteiger partial charge in [0.05, 0.1) is 0 Å². The molecule has 0 aromatic carbocycles. The Morgan fingerprint density at radius 1 is 1.25 bits per heavy atom. The van der Waals surface area contributed by atoms with E-state index in [0.717, 1.165) is 0 Å². The van der Waals surface area contributed by atoms with Gasteiger partial charge in [-0.1, -0.05) is 62.9 Å². The number of halogens is 1. The first-order valence-corrected chi connectivity index (χ1v) is 6.03. The summed E-state index contributed by atoms with van der Waals surface area (Å²) < 4.78 is 0. The first-order chi connectivity index (χ1) is 5.48. The summed E-state index contributed by atoms with van der Waals surface area (Å²) in [5, 5.41) is 0. The van der Waals surface area contributed by atoms with Crippen LogP contribution < -0.4 is 0 Å². The van der Waals surface area contributed by atoms with Gasteiger partial charge in [0.25, 0.3) is 0 Å². The molecule has 0 rings (SSSR count). The molecule has 74 valence electrons. The normalized spacial score (nSPS) is 14.8. The Hall–Kier alpha value is 0.480. The Kier molecular flexibility index (Phi) is 6.25. The van der Waals surface area contributed by atoms with Gasteiger partial charge in [0, 0.05) is 4.83 Å². The molecule has 0 saturated heterocycles. The van der Waals surface area contributed by atoms with Crippen molar-refractivity contribution in [2.24, 2.45) is 5.41 Å². The van der Waals surface area contributed by atoms with Gasteiger partial charge in [0.1, 0.15) is 0 Å². The van der Waals surface area contributed by atoms with Gasteiger partial charge in [-0.05, 0) is 18.3 Å². The minimum atomic E-state index is 0.526. The Balaban J connectivity index is 3.56. The molecular formula is C11H23Br. The molecule has 0 nitrogen and oxygen atoms in total. The van der Waals surface area contributed by atoms with Crippen molar-refractivity contribution in [3.63, 3.8) is 0 Å². The van der Waals surface area contributed by atoms with Gasteiger partial charge >= 0.3 is 0 Å². The number of alkyl halides is 1. The van der Waals surface area contributed by atoms with E-state index in [1.165, 1.54) is 32.1 Å². The molecule has 12 heavy (non-hydrogen) atoms. The largest absolute Gasteiger partial charge is 0.0893 e. The summed E-state index contributed by atoms with van der Waals surface area (Å²) in [4.78, 5) is 0.661. The average Bonchev–Trinajstić information content (AvgIpc) is 1.84. The Labute approximate surface area is 86.3 Å². The molecule has 0 aromatic heterocycles. The second-order valence-electron chi connectivity index (χ2n) is 4.61.